The minimum absolute atomic E-state index is 0.0101. The summed E-state index contributed by atoms with van der Waals surface area (Å²) in [5.74, 6) is 1.39. The Morgan fingerprint density at radius 2 is 2.35 bits per heavy atom. The third-order valence-corrected chi connectivity index (χ3v) is 5.64. The number of carbonyl (C=O) groups is 1. The number of rotatable bonds is 4. The molecule has 0 aromatic heterocycles. The Balaban J connectivity index is 1.64. The molecule has 3 fully saturated rings. The van der Waals surface area contributed by atoms with Gasteiger partial charge in [0.1, 0.15) is 0 Å². The normalized spacial score (nSPS) is 43.8. The summed E-state index contributed by atoms with van der Waals surface area (Å²) in [6.07, 6.45) is 5.96. The van der Waals surface area contributed by atoms with Crippen molar-refractivity contribution in [2.75, 3.05) is 13.2 Å². The molecular formula is C13H22O3Si. The topological polar surface area (TPSA) is 35.5 Å². The highest BCUT2D eigenvalue weighted by Crippen LogP contribution is 2.60. The van der Waals surface area contributed by atoms with E-state index in [0.29, 0.717) is 25.0 Å². The Morgan fingerprint density at radius 1 is 1.47 bits per heavy atom. The van der Waals surface area contributed by atoms with E-state index < -0.39 is 0 Å². The Morgan fingerprint density at radius 3 is 3.00 bits per heavy atom. The van der Waals surface area contributed by atoms with Crippen LogP contribution in [0.5, 0.6) is 0 Å². The summed E-state index contributed by atoms with van der Waals surface area (Å²) in [6, 6.07) is 1.33. The number of carbonyl (C=O) groups excluding carboxylic acids is 1. The maximum atomic E-state index is 11.4. The minimum Gasteiger partial charge on any atom is -0.465 e. The van der Waals surface area contributed by atoms with E-state index in [2.05, 4.69) is 0 Å². The van der Waals surface area contributed by atoms with Crippen LogP contribution in [0.1, 0.15) is 32.1 Å². The Bertz CT molecular complexity index is 320. The highest BCUT2D eigenvalue weighted by atomic mass is 28.1. The number of hydrogen-bond acceptors (Lipinski definition) is 3. The number of fused-ring (bicyclic) bond motifs is 3. The molecule has 1 heterocycles. The largest absolute Gasteiger partial charge is 0.465 e. The summed E-state index contributed by atoms with van der Waals surface area (Å²) in [5, 5.41) is 0. The van der Waals surface area contributed by atoms with Crippen molar-refractivity contribution in [1.82, 2.24) is 0 Å². The molecule has 2 aliphatic carbocycles. The molecule has 3 nitrogen and oxygen atoms in total. The molecule has 2 bridgehead atoms. The van der Waals surface area contributed by atoms with Crippen molar-refractivity contribution >= 4 is 16.2 Å². The molecule has 0 aromatic carbocycles. The lowest BCUT2D eigenvalue weighted by Crippen LogP contribution is -2.38. The van der Waals surface area contributed by atoms with Gasteiger partial charge < -0.3 is 9.47 Å². The van der Waals surface area contributed by atoms with E-state index >= 15 is 0 Å². The molecule has 4 heteroatoms. The third-order valence-electron chi connectivity index (χ3n) is 4.93. The van der Waals surface area contributed by atoms with Gasteiger partial charge in [-0.3, -0.25) is 4.79 Å². The average Bonchev–Trinajstić information content (AvgIpc) is 2.94. The molecule has 17 heavy (non-hydrogen) atoms. The zero-order valence-electron chi connectivity index (χ0n) is 10.6. The van der Waals surface area contributed by atoms with Gasteiger partial charge in [-0.25, -0.2) is 0 Å². The van der Waals surface area contributed by atoms with E-state index in [1.165, 1.54) is 42.0 Å². The molecule has 3 aliphatic rings. The van der Waals surface area contributed by atoms with Gasteiger partial charge in [-0.1, -0.05) is 6.04 Å². The van der Waals surface area contributed by atoms with Gasteiger partial charge in [-0.05, 0) is 37.5 Å². The van der Waals surface area contributed by atoms with Crippen molar-refractivity contribution < 1.29 is 14.3 Å². The van der Waals surface area contributed by atoms with E-state index in [-0.39, 0.29) is 11.4 Å². The fourth-order valence-corrected chi connectivity index (χ4v) is 4.47. The van der Waals surface area contributed by atoms with Crippen LogP contribution in [0.15, 0.2) is 0 Å². The zero-order valence-corrected chi connectivity index (χ0v) is 12.6. The first-order valence-corrected chi connectivity index (χ1v) is 8.42. The van der Waals surface area contributed by atoms with Gasteiger partial charge in [0.05, 0.1) is 19.1 Å². The first kappa shape index (κ1) is 11.7. The van der Waals surface area contributed by atoms with Gasteiger partial charge in [-0.2, -0.15) is 0 Å². The van der Waals surface area contributed by atoms with Crippen LogP contribution >= 0.6 is 0 Å². The second-order valence-electron chi connectivity index (χ2n) is 6.11. The van der Waals surface area contributed by atoms with Crippen LogP contribution in [0.2, 0.25) is 6.04 Å². The number of hydrogen-bond donors (Lipinski definition) is 0. The molecule has 0 aromatic rings. The highest BCUT2D eigenvalue weighted by Gasteiger charge is 2.59. The second kappa shape index (κ2) is 4.39. The SMILES string of the molecule is O=C1CC2(CO1)CC1CC(OCCC[SiH3])C2C1. The molecular weight excluding hydrogens is 232 g/mol. The maximum Gasteiger partial charge on any atom is 0.306 e. The second-order valence-corrected chi connectivity index (χ2v) is 7.11. The van der Waals surface area contributed by atoms with Crippen LogP contribution in [0.4, 0.5) is 0 Å². The Kier molecular flexibility index (Phi) is 3.03. The van der Waals surface area contributed by atoms with Gasteiger partial charge in [0.2, 0.25) is 0 Å². The fraction of sp³-hybridized carbons (Fsp3) is 0.923. The van der Waals surface area contributed by atoms with Crippen LogP contribution in [-0.2, 0) is 14.3 Å². The monoisotopic (exact) mass is 254 g/mol. The summed E-state index contributed by atoms with van der Waals surface area (Å²) in [5.41, 5.74) is 0.158. The van der Waals surface area contributed by atoms with E-state index in [4.69, 9.17) is 9.47 Å². The van der Waals surface area contributed by atoms with E-state index in [0.717, 1.165) is 12.5 Å². The van der Waals surface area contributed by atoms with Gasteiger partial charge in [-0.15, -0.1) is 0 Å². The molecule has 0 N–H and O–H groups in total. The molecule has 0 amide bonds. The Labute approximate surface area is 106 Å². The number of cyclic esters (lactones) is 1. The molecule has 4 atom stereocenters. The molecule has 3 rings (SSSR count). The summed E-state index contributed by atoms with van der Waals surface area (Å²) in [7, 11) is 1.28. The van der Waals surface area contributed by atoms with Crippen LogP contribution in [0, 0.1) is 17.3 Å². The third kappa shape index (κ3) is 1.95. The average molecular weight is 254 g/mol. The lowest BCUT2D eigenvalue weighted by molar-refractivity contribution is -0.137. The van der Waals surface area contributed by atoms with Crippen molar-refractivity contribution in [3.63, 3.8) is 0 Å². The molecule has 2 saturated carbocycles. The lowest BCUT2D eigenvalue weighted by atomic mass is 9.71. The van der Waals surface area contributed by atoms with Gasteiger partial charge in [0.15, 0.2) is 0 Å². The summed E-state index contributed by atoms with van der Waals surface area (Å²) >= 11 is 0. The quantitative estimate of drug-likeness (QED) is 0.425. The number of ether oxygens (including phenoxy) is 2. The van der Waals surface area contributed by atoms with Crippen molar-refractivity contribution in [1.29, 1.82) is 0 Å². The Hall–Kier alpha value is -0.353. The molecule has 1 spiro atoms. The van der Waals surface area contributed by atoms with Crippen LogP contribution < -0.4 is 0 Å². The summed E-state index contributed by atoms with van der Waals surface area (Å²) in [6.45, 7) is 1.58. The molecule has 0 radical (unpaired) electrons. The highest BCUT2D eigenvalue weighted by molar-refractivity contribution is 6.08. The minimum atomic E-state index is 0.0101. The van der Waals surface area contributed by atoms with Crippen molar-refractivity contribution in [2.45, 2.75) is 44.3 Å². The molecule has 96 valence electrons. The molecule has 4 unspecified atom stereocenters. The number of esters is 1. The molecule has 1 saturated heterocycles. The predicted molar refractivity (Wildman–Crippen MR) is 67.9 cm³/mol. The standard InChI is InChI=1S/C13H22O3Si/c14-12-7-13(8-16-12)6-9-4-10(13)11(5-9)15-2-1-3-17/h9-11H,1-8H2,17H3. The van der Waals surface area contributed by atoms with Gasteiger partial charge >= 0.3 is 5.97 Å². The smallest absolute Gasteiger partial charge is 0.306 e. The first-order chi connectivity index (χ1) is 8.23. The first-order valence-electron chi connectivity index (χ1n) is 7.01. The summed E-state index contributed by atoms with van der Waals surface area (Å²) < 4.78 is 11.3. The van der Waals surface area contributed by atoms with Crippen LogP contribution in [0.25, 0.3) is 0 Å². The maximum absolute atomic E-state index is 11.4. The van der Waals surface area contributed by atoms with Crippen molar-refractivity contribution in [3.8, 4) is 0 Å². The van der Waals surface area contributed by atoms with Gasteiger partial charge in [0.25, 0.3) is 0 Å². The lowest BCUT2D eigenvalue weighted by Gasteiger charge is -2.36. The van der Waals surface area contributed by atoms with Crippen LogP contribution in [-0.4, -0.2) is 35.5 Å². The van der Waals surface area contributed by atoms with E-state index in [9.17, 15) is 4.79 Å². The predicted octanol–water partition coefficient (Wildman–Crippen LogP) is 0.909. The van der Waals surface area contributed by atoms with Crippen molar-refractivity contribution in [3.05, 3.63) is 0 Å². The van der Waals surface area contributed by atoms with Crippen LogP contribution in [0.3, 0.4) is 0 Å². The van der Waals surface area contributed by atoms with Crippen molar-refractivity contribution in [2.24, 2.45) is 17.3 Å². The summed E-state index contributed by atoms with van der Waals surface area (Å²) in [4.78, 5) is 11.4. The molecule has 1 aliphatic heterocycles. The van der Waals surface area contributed by atoms with Gasteiger partial charge in [0, 0.05) is 22.3 Å². The van der Waals surface area contributed by atoms with E-state index in [1.54, 1.807) is 0 Å². The fourth-order valence-electron chi connectivity index (χ4n) is 4.18. The zero-order chi connectivity index (χ0) is 11.9. The van der Waals surface area contributed by atoms with E-state index in [1.807, 2.05) is 0 Å².